The van der Waals surface area contributed by atoms with Gasteiger partial charge in [0.25, 0.3) is 0 Å². The van der Waals surface area contributed by atoms with Crippen LogP contribution in [-0.2, 0) is 0 Å². The number of ether oxygens (including phenoxy) is 3. The van der Waals surface area contributed by atoms with Crippen LogP contribution in [0.2, 0.25) is 0 Å². The van der Waals surface area contributed by atoms with Crippen molar-refractivity contribution in [2.75, 3.05) is 14.2 Å². The predicted molar refractivity (Wildman–Crippen MR) is 60.6 cm³/mol. The molecule has 0 amide bonds. The molecule has 0 aliphatic carbocycles. The largest absolute Gasteiger partial charge is 0.493 e. The number of nitrogens with zero attached hydrogens (tertiary/aromatic N) is 1. The summed E-state index contributed by atoms with van der Waals surface area (Å²) in [4.78, 5) is 3.82. The number of para-hydroxylation sites is 1. The number of methoxy groups -OCH3 is 2. The summed E-state index contributed by atoms with van der Waals surface area (Å²) in [5.41, 5.74) is 2.71. The molecule has 0 bridgehead atoms. The zero-order chi connectivity index (χ0) is 11.4. The van der Waals surface area contributed by atoms with E-state index in [1.807, 2.05) is 18.2 Å². The van der Waals surface area contributed by atoms with Gasteiger partial charge in [0.2, 0.25) is 10.8 Å². The Hall–Kier alpha value is -1.75. The summed E-state index contributed by atoms with van der Waals surface area (Å²) in [6.45, 7) is 0. The van der Waals surface area contributed by atoms with Gasteiger partial charge in [0, 0.05) is 0 Å². The molecule has 0 saturated heterocycles. The number of thiazole rings is 1. The average Bonchev–Trinajstić information content (AvgIpc) is 2.82. The van der Waals surface area contributed by atoms with Gasteiger partial charge in [0.15, 0.2) is 17.0 Å². The number of rotatable bonds is 4. The monoisotopic (exact) mass is 236 g/mol. The Balaban J connectivity index is 2.37. The van der Waals surface area contributed by atoms with Crippen LogP contribution in [0.5, 0.6) is 22.3 Å². The highest BCUT2D eigenvalue weighted by molar-refractivity contribution is 7.11. The van der Waals surface area contributed by atoms with Gasteiger partial charge in [-0.25, -0.2) is 4.98 Å². The number of benzene rings is 1. The van der Waals surface area contributed by atoms with E-state index in [-0.39, 0.29) is 0 Å². The van der Waals surface area contributed by atoms with E-state index in [9.17, 15) is 0 Å². The number of hydrogen-bond acceptors (Lipinski definition) is 5. The standard InChI is InChI=1S/C11H10NO3S/c1-13-8-4-3-5-9(14-2)11(8)15-10-6-12-7-16-10/h3-6H,1-2H3. The molecule has 1 aromatic heterocycles. The van der Waals surface area contributed by atoms with Crippen LogP contribution in [0.1, 0.15) is 0 Å². The van der Waals surface area contributed by atoms with Crippen molar-refractivity contribution in [2.24, 2.45) is 0 Å². The fourth-order valence-electron chi connectivity index (χ4n) is 1.24. The van der Waals surface area contributed by atoms with E-state index in [1.165, 1.54) is 11.3 Å². The van der Waals surface area contributed by atoms with Gasteiger partial charge < -0.3 is 14.2 Å². The SMILES string of the molecule is COc1cccc(OC)c1Oc1cn[c]s1. The summed E-state index contributed by atoms with van der Waals surface area (Å²) in [7, 11) is 3.17. The van der Waals surface area contributed by atoms with Gasteiger partial charge in [-0.1, -0.05) is 17.4 Å². The molecule has 0 spiro atoms. The van der Waals surface area contributed by atoms with E-state index < -0.39 is 0 Å². The van der Waals surface area contributed by atoms with E-state index in [0.29, 0.717) is 22.3 Å². The highest BCUT2D eigenvalue weighted by Gasteiger charge is 2.12. The predicted octanol–water partition coefficient (Wildman–Crippen LogP) is 2.75. The first-order valence-corrected chi connectivity index (χ1v) is 5.37. The summed E-state index contributed by atoms with van der Waals surface area (Å²) in [5, 5.41) is 0.641. The normalized spacial score (nSPS) is 9.88. The molecule has 0 saturated carbocycles. The molecule has 4 nitrogen and oxygen atoms in total. The van der Waals surface area contributed by atoms with Crippen LogP contribution in [-0.4, -0.2) is 19.2 Å². The summed E-state index contributed by atoms with van der Waals surface area (Å²) in [6, 6.07) is 5.45. The second-order valence-corrected chi connectivity index (χ2v) is 3.65. The molecule has 83 valence electrons. The summed E-state index contributed by atoms with van der Waals surface area (Å²) < 4.78 is 16.0. The smallest absolute Gasteiger partial charge is 0.212 e. The van der Waals surface area contributed by atoms with Crippen LogP contribution in [0.25, 0.3) is 0 Å². The topological polar surface area (TPSA) is 40.6 Å². The minimum absolute atomic E-state index is 0.546. The maximum absolute atomic E-state index is 5.64. The van der Waals surface area contributed by atoms with Crippen molar-refractivity contribution in [3.8, 4) is 22.3 Å². The van der Waals surface area contributed by atoms with Crippen molar-refractivity contribution in [3.05, 3.63) is 29.9 Å². The minimum Gasteiger partial charge on any atom is -0.493 e. The lowest BCUT2D eigenvalue weighted by molar-refractivity contribution is 0.349. The van der Waals surface area contributed by atoms with E-state index >= 15 is 0 Å². The van der Waals surface area contributed by atoms with Crippen molar-refractivity contribution in [3.63, 3.8) is 0 Å². The molecule has 0 fully saturated rings. The van der Waals surface area contributed by atoms with Gasteiger partial charge in [0.1, 0.15) is 0 Å². The molecule has 0 aliphatic heterocycles. The van der Waals surface area contributed by atoms with Crippen LogP contribution in [0, 0.1) is 5.51 Å². The lowest BCUT2D eigenvalue weighted by atomic mass is 10.3. The first kappa shape index (κ1) is 10.8. The average molecular weight is 236 g/mol. The van der Waals surface area contributed by atoms with Gasteiger partial charge in [0.05, 0.1) is 20.4 Å². The second kappa shape index (κ2) is 4.85. The Kier molecular flexibility index (Phi) is 3.26. The zero-order valence-electron chi connectivity index (χ0n) is 8.89. The Labute approximate surface area is 97.4 Å². The first-order chi connectivity index (χ1) is 7.85. The van der Waals surface area contributed by atoms with Gasteiger partial charge >= 0.3 is 0 Å². The van der Waals surface area contributed by atoms with Crippen molar-refractivity contribution in [1.29, 1.82) is 0 Å². The molecular weight excluding hydrogens is 226 g/mol. The molecule has 0 aliphatic rings. The van der Waals surface area contributed by atoms with E-state index in [0.717, 1.165) is 0 Å². The van der Waals surface area contributed by atoms with Gasteiger partial charge in [-0.3, -0.25) is 0 Å². The van der Waals surface area contributed by atoms with Gasteiger partial charge in [-0.05, 0) is 12.1 Å². The third kappa shape index (κ3) is 2.09. The fourth-order valence-corrected chi connectivity index (χ4v) is 1.67. The third-order valence-corrected chi connectivity index (χ3v) is 2.54. The Morgan fingerprint density at radius 1 is 1.19 bits per heavy atom. The quantitative estimate of drug-likeness (QED) is 0.818. The van der Waals surface area contributed by atoms with E-state index in [1.54, 1.807) is 20.4 Å². The highest BCUT2D eigenvalue weighted by atomic mass is 32.1. The van der Waals surface area contributed by atoms with E-state index in [4.69, 9.17) is 14.2 Å². The fraction of sp³-hybridized carbons (Fsp3) is 0.182. The van der Waals surface area contributed by atoms with Crippen LogP contribution in [0.4, 0.5) is 0 Å². The summed E-state index contributed by atoms with van der Waals surface area (Å²) in [5.74, 6) is 1.78. The van der Waals surface area contributed by atoms with Crippen molar-refractivity contribution in [2.45, 2.75) is 0 Å². The van der Waals surface area contributed by atoms with Crippen molar-refractivity contribution < 1.29 is 14.2 Å². The third-order valence-electron chi connectivity index (χ3n) is 1.95. The number of hydrogen-bond donors (Lipinski definition) is 0. The van der Waals surface area contributed by atoms with Crippen LogP contribution >= 0.6 is 11.3 Å². The Morgan fingerprint density at radius 3 is 2.38 bits per heavy atom. The van der Waals surface area contributed by atoms with Crippen molar-refractivity contribution >= 4 is 11.3 Å². The summed E-state index contributed by atoms with van der Waals surface area (Å²) >= 11 is 1.29. The Morgan fingerprint density at radius 2 is 1.88 bits per heavy atom. The van der Waals surface area contributed by atoms with E-state index in [2.05, 4.69) is 10.5 Å². The lowest BCUT2D eigenvalue weighted by Crippen LogP contribution is -1.93. The molecule has 16 heavy (non-hydrogen) atoms. The lowest BCUT2D eigenvalue weighted by Gasteiger charge is -2.11. The summed E-state index contributed by atoms with van der Waals surface area (Å²) in [6.07, 6.45) is 1.59. The highest BCUT2D eigenvalue weighted by Crippen LogP contribution is 2.40. The zero-order valence-corrected chi connectivity index (χ0v) is 9.71. The second-order valence-electron chi connectivity index (χ2n) is 2.86. The Bertz CT molecular complexity index is 434. The van der Waals surface area contributed by atoms with Gasteiger partial charge in [-0.2, -0.15) is 0 Å². The van der Waals surface area contributed by atoms with Gasteiger partial charge in [-0.15, -0.1) is 0 Å². The van der Waals surface area contributed by atoms with Crippen molar-refractivity contribution in [1.82, 2.24) is 4.98 Å². The molecule has 0 N–H and O–H groups in total. The number of aromatic nitrogens is 1. The van der Waals surface area contributed by atoms with Crippen LogP contribution in [0.15, 0.2) is 24.4 Å². The molecule has 2 rings (SSSR count). The first-order valence-electron chi connectivity index (χ1n) is 4.56. The van der Waals surface area contributed by atoms with Crippen LogP contribution in [0.3, 0.4) is 0 Å². The van der Waals surface area contributed by atoms with Crippen LogP contribution < -0.4 is 14.2 Å². The molecule has 5 heteroatoms. The maximum Gasteiger partial charge on any atom is 0.212 e. The molecule has 0 atom stereocenters. The molecule has 0 unspecified atom stereocenters. The molecule has 2 aromatic rings. The minimum atomic E-state index is 0.546. The molecule has 1 radical (unpaired) electrons. The maximum atomic E-state index is 5.64. The molecule has 1 heterocycles. The molecule has 1 aromatic carbocycles. The molecular formula is C11H10NO3S.